The monoisotopic (exact) mass is 223 g/mol. The summed E-state index contributed by atoms with van der Waals surface area (Å²) in [5.41, 5.74) is 1.18. The van der Waals surface area contributed by atoms with Gasteiger partial charge in [-0.15, -0.1) is 11.8 Å². The van der Waals surface area contributed by atoms with Gasteiger partial charge in [0.25, 0.3) is 0 Å². The lowest BCUT2D eigenvalue weighted by Crippen LogP contribution is -2.25. The van der Waals surface area contributed by atoms with Gasteiger partial charge < -0.3 is 4.90 Å². The second-order valence-corrected chi connectivity index (χ2v) is 4.33. The predicted octanol–water partition coefficient (Wildman–Crippen LogP) is 2.78. The molecule has 0 aliphatic rings. The third kappa shape index (κ3) is 3.59. The highest BCUT2D eigenvalue weighted by atomic mass is 32.2. The number of nitrogens with zero attached hydrogens (tertiary/aromatic N) is 1. The number of rotatable bonds is 4. The third-order valence-electron chi connectivity index (χ3n) is 2.31. The zero-order valence-electron chi connectivity index (χ0n) is 9.49. The highest BCUT2D eigenvalue weighted by molar-refractivity contribution is 7.98. The molecule has 0 fully saturated rings. The van der Waals surface area contributed by atoms with Crippen LogP contribution in [0.2, 0.25) is 0 Å². The van der Waals surface area contributed by atoms with Gasteiger partial charge >= 0.3 is 0 Å². The van der Waals surface area contributed by atoms with E-state index in [2.05, 4.69) is 30.5 Å². The van der Waals surface area contributed by atoms with E-state index in [1.807, 2.05) is 14.0 Å². The zero-order chi connectivity index (χ0) is 11.3. The second-order valence-electron chi connectivity index (χ2n) is 3.45. The molecule has 0 N–H and O–H groups in total. The molecule has 0 saturated carbocycles. The van der Waals surface area contributed by atoms with Crippen molar-refractivity contribution in [3.8, 4) is 0 Å². The largest absolute Gasteiger partial charge is 0.341 e. The molecule has 82 valence electrons. The number of amides is 1. The van der Waals surface area contributed by atoms with Crippen LogP contribution in [0.1, 0.15) is 18.9 Å². The van der Waals surface area contributed by atoms with E-state index in [1.54, 1.807) is 16.7 Å². The molecule has 0 atom stereocenters. The van der Waals surface area contributed by atoms with E-state index in [4.69, 9.17) is 0 Å². The van der Waals surface area contributed by atoms with E-state index in [1.165, 1.54) is 10.5 Å². The van der Waals surface area contributed by atoms with Gasteiger partial charge in [0, 0.05) is 24.9 Å². The Morgan fingerprint density at radius 1 is 1.33 bits per heavy atom. The molecule has 0 saturated heterocycles. The Hall–Kier alpha value is -0.960. The maximum atomic E-state index is 11.4. The Kier molecular flexibility index (Phi) is 4.69. The molecule has 15 heavy (non-hydrogen) atoms. The highest BCUT2D eigenvalue weighted by Gasteiger charge is 2.05. The van der Waals surface area contributed by atoms with Gasteiger partial charge in [-0.25, -0.2) is 0 Å². The van der Waals surface area contributed by atoms with Crippen LogP contribution in [-0.2, 0) is 11.3 Å². The summed E-state index contributed by atoms with van der Waals surface area (Å²) in [7, 11) is 1.84. The number of thioether (sulfide) groups is 1. The summed E-state index contributed by atoms with van der Waals surface area (Å²) in [5.74, 6) is 0.184. The second kappa shape index (κ2) is 5.81. The molecule has 0 bridgehead atoms. The van der Waals surface area contributed by atoms with Gasteiger partial charge in [-0.1, -0.05) is 19.1 Å². The standard InChI is InChI=1S/C12H17NOS/c1-4-12(14)13(2)9-10-5-7-11(15-3)8-6-10/h5-8H,4,9H2,1-3H3. The molecule has 1 aromatic rings. The smallest absolute Gasteiger partial charge is 0.222 e. The van der Waals surface area contributed by atoms with Crippen LogP contribution in [0.15, 0.2) is 29.2 Å². The lowest BCUT2D eigenvalue weighted by atomic mass is 10.2. The number of carbonyl (C=O) groups is 1. The highest BCUT2D eigenvalue weighted by Crippen LogP contribution is 2.15. The van der Waals surface area contributed by atoms with Gasteiger partial charge in [0.15, 0.2) is 0 Å². The van der Waals surface area contributed by atoms with Crippen LogP contribution in [-0.4, -0.2) is 24.1 Å². The summed E-state index contributed by atoms with van der Waals surface area (Å²) in [5, 5.41) is 0. The minimum atomic E-state index is 0.184. The SMILES string of the molecule is CCC(=O)N(C)Cc1ccc(SC)cc1. The van der Waals surface area contributed by atoms with Crippen molar-refractivity contribution >= 4 is 17.7 Å². The molecule has 0 aromatic heterocycles. The molecular weight excluding hydrogens is 206 g/mol. The van der Waals surface area contributed by atoms with Crippen molar-refractivity contribution in [1.29, 1.82) is 0 Å². The molecule has 2 nitrogen and oxygen atoms in total. The van der Waals surface area contributed by atoms with Crippen molar-refractivity contribution in [2.75, 3.05) is 13.3 Å². The van der Waals surface area contributed by atoms with Crippen molar-refractivity contribution < 1.29 is 4.79 Å². The van der Waals surface area contributed by atoms with E-state index < -0.39 is 0 Å². The van der Waals surface area contributed by atoms with Gasteiger partial charge in [0.2, 0.25) is 5.91 Å². The van der Waals surface area contributed by atoms with Gasteiger partial charge in [-0.2, -0.15) is 0 Å². The van der Waals surface area contributed by atoms with Crippen LogP contribution in [0.4, 0.5) is 0 Å². The predicted molar refractivity (Wildman–Crippen MR) is 65.0 cm³/mol. The van der Waals surface area contributed by atoms with Crippen LogP contribution in [0.25, 0.3) is 0 Å². The summed E-state index contributed by atoms with van der Waals surface area (Å²) in [6, 6.07) is 8.32. The van der Waals surface area contributed by atoms with Crippen LogP contribution < -0.4 is 0 Å². The molecule has 0 spiro atoms. The summed E-state index contributed by atoms with van der Waals surface area (Å²) >= 11 is 1.73. The first-order chi connectivity index (χ1) is 7.17. The Morgan fingerprint density at radius 3 is 2.40 bits per heavy atom. The Bertz CT molecular complexity index is 321. The Labute approximate surface area is 95.7 Å². The fraction of sp³-hybridized carbons (Fsp3) is 0.417. The quantitative estimate of drug-likeness (QED) is 0.732. The lowest BCUT2D eigenvalue weighted by molar-refractivity contribution is -0.130. The maximum absolute atomic E-state index is 11.4. The van der Waals surface area contributed by atoms with Gasteiger partial charge in [0.05, 0.1) is 0 Å². The number of hydrogen-bond donors (Lipinski definition) is 0. The number of hydrogen-bond acceptors (Lipinski definition) is 2. The Morgan fingerprint density at radius 2 is 1.93 bits per heavy atom. The molecule has 1 rings (SSSR count). The minimum Gasteiger partial charge on any atom is -0.341 e. The fourth-order valence-corrected chi connectivity index (χ4v) is 1.77. The fourth-order valence-electron chi connectivity index (χ4n) is 1.36. The van der Waals surface area contributed by atoms with Gasteiger partial charge in [-0.05, 0) is 24.0 Å². The summed E-state index contributed by atoms with van der Waals surface area (Å²) in [6.45, 7) is 2.58. The van der Waals surface area contributed by atoms with E-state index >= 15 is 0 Å². The molecule has 3 heteroatoms. The van der Waals surface area contributed by atoms with Crippen molar-refractivity contribution in [3.63, 3.8) is 0 Å². The molecule has 0 radical (unpaired) electrons. The van der Waals surface area contributed by atoms with E-state index in [0.29, 0.717) is 13.0 Å². The average molecular weight is 223 g/mol. The van der Waals surface area contributed by atoms with E-state index in [0.717, 1.165) is 0 Å². The molecular formula is C12H17NOS. The van der Waals surface area contributed by atoms with E-state index in [9.17, 15) is 4.79 Å². The topological polar surface area (TPSA) is 20.3 Å². The van der Waals surface area contributed by atoms with Crippen LogP contribution >= 0.6 is 11.8 Å². The van der Waals surface area contributed by atoms with Crippen molar-refractivity contribution in [1.82, 2.24) is 4.90 Å². The number of carbonyl (C=O) groups excluding carboxylic acids is 1. The lowest BCUT2D eigenvalue weighted by Gasteiger charge is -2.16. The average Bonchev–Trinajstić information content (AvgIpc) is 2.29. The van der Waals surface area contributed by atoms with Gasteiger partial charge in [-0.3, -0.25) is 4.79 Å². The van der Waals surface area contributed by atoms with Crippen LogP contribution in [0.5, 0.6) is 0 Å². The molecule has 1 aromatic carbocycles. The molecule has 0 heterocycles. The molecule has 0 aliphatic carbocycles. The normalized spacial score (nSPS) is 10.1. The van der Waals surface area contributed by atoms with E-state index in [-0.39, 0.29) is 5.91 Å². The van der Waals surface area contributed by atoms with Crippen molar-refractivity contribution in [3.05, 3.63) is 29.8 Å². The molecule has 1 amide bonds. The minimum absolute atomic E-state index is 0.184. The maximum Gasteiger partial charge on any atom is 0.222 e. The van der Waals surface area contributed by atoms with Crippen molar-refractivity contribution in [2.45, 2.75) is 24.8 Å². The Balaban J connectivity index is 2.60. The molecule has 0 aliphatic heterocycles. The molecule has 0 unspecified atom stereocenters. The summed E-state index contributed by atoms with van der Waals surface area (Å²) in [4.78, 5) is 14.4. The summed E-state index contributed by atoms with van der Waals surface area (Å²) in [6.07, 6.45) is 2.63. The third-order valence-corrected chi connectivity index (χ3v) is 3.05. The first kappa shape index (κ1) is 12.1. The van der Waals surface area contributed by atoms with Crippen LogP contribution in [0.3, 0.4) is 0 Å². The van der Waals surface area contributed by atoms with Gasteiger partial charge in [0.1, 0.15) is 0 Å². The zero-order valence-corrected chi connectivity index (χ0v) is 10.3. The first-order valence-corrected chi connectivity index (χ1v) is 6.26. The van der Waals surface area contributed by atoms with Crippen LogP contribution in [0, 0.1) is 0 Å². The number of benzene rings is 1. The van der Waals surface area contributed by atoms with Crippen molar-refractivity contribution in [2.24, 2.45) is 0 Å². The summed E-state index contributed by atoms with van der Waals surface area (Å²) < 4.78 is 0. The first-order valence-electron chi connectivity index (χ1n) is 5.04.